The van der Waals surface area contributed by atoms with E-state index < -0.39 is 10.0 Å². The molecule has 0 aromatic heterocycles. The predicted molar refractivity (Wildman–Crippen MR) is 91.7 cm³/mol. The predicted octanol–water partition coefficient (Wildman–Crippen LogP) is 0.331. The van der Waals surface area contributed by atoms with Gasteiger partial charge in [-0.1, -0.05) is 6.92 Å². The molecule has 1 heterocycles. The van der Waals surface area contributed by atoms with Crippen LogP contribution in [-0.4, -0.2) is 51.9 Å². The highest BCUT2D eigenvalue weighted by Crippen LogP contribution is 2.26. The first kappa shape index (κ1) is 19.2. The minimum Gasteiger partial charge on any atom is -0.495 e. The van der Waals surface area contributed by atoms with E-state index in [1.165, 1.54) is 25.3 Å². The summed E-state index contributed by atoms with van der Waals surface area (Å²) in [5.74, 6) is -0.677. The van der Waals surface area contributed by atoms with Gasteiger partial charge in [-0.2, -0.15) is 0 Å². The number of likely N-dealkylation sites (tertiary alicyclic amines) is 1. The number of nitrogens with one attached hydrogen (secondary N) is 1. The van der Waals surface area contributed by atoms with Crippen molar-refractivity contribution in [3.05, 3.63) is 23.8 Å². The first-order valence-corrected chi connectivity index (χ1v) is 9.54. The molecule has 1 aliphatic heterocycles. The number of carbonyl (C=O) groups excluding carboxylic acids is 2. The number of primary amides is 1. The zero-order chi connectivity index (χ0) is 18.6. The van der Waals surface area contributed by atoms with Gasteiger partial charge in [-0.3, -0.25) is 9.59 Å². The third kappa shape index (κ3) is 4.29. The summed E-state index contributed by atoms with van der Waals surface area (Å²) in [5.41, 5.74) is 5.56. The Morgan fingerprint density at radius 3 is 2.48 bits per heavy atom. The second kappa shape index (κ2) is 7.83. The Balaban J connectivity index is 2.25. The van der Waals surface area contributed by atoms with Gasteiger partial charge >= 0.3 is 0 Å². The molecule has 0 saturated carbocycles. The average Bonchev–Trinajstić information content (AvgIpc) is 2.60. The van der Waals surface area contributed by atoms with Gasteiger partial charge in [0.05, 0.1) is 7.11 Å². The number of piperidine rings is 1. The molecule has 138 valence electrons. The van der Waals surface area contributed by atoms with Crippen LogP contribution in [0.5, 0.6) is 5.75 Å². The lowest BCUT2D eigenvalue weighted by Crippen LogP contribution is -2.41. The van der Waals surface area contributed by atoms with Crippen molar-refractivity contribution in [2.45, 2.75) is 24.7 Å². The number of hydrogen-bond acceptors (Lipinski definition) is 5. The van der Waals surface area contributed by atoms with Gasteiger partial charge < -0.3 is 15.4 Å². The first-order chi connectivity index (χ1) is 11.8. The lowest BCUT2D eigenvalue weighted by molar-refractivity contribution is -0.123. The van der Waals surface area contributed by atoms with Crippen molar-refractivity contribution in [2.75, 3.05) is 26.7 Å². The number of sulfonamides is 1. The van der Waals surface area contributed by atoms with Crippen molar-refractivity contribution in [1.29, 1.82) is 0 Å². The topological polar surface area (TPSA) is 119 Å². The van der Waals surface area contributed by atoms with E-state index in [1.807, 2.05) is 0 Å². The summed E-state index contributed by atoms with van der Waals surface area (Å²) in [5, 5.41) is 0. The molecule has 2 rings (SSSR count). The highest BCUT2D eigenvalue weighted by molar-refractivity contribution is 7.89. The molecule has 1 aromatic rings. The van der Waals surface area contributed by atoms with Crippen LogP contribution < -0.4 is 15.2 Å². The van der Waals surface area contributed by atoms with E-state index in [1.54, 1.807) is 11.8 Å². The summed E-state index contributed by atoms with van der Waals surface area (Å²) in [6, 6.07) is 4.32. The Labute approximate surface area is 147 Å². The summed E-state index contributed by atoms with van der Waals surface area (Å²) in [6.45, 7) is 2.72. The van der Waals surface area contributed by atoms with Crippen molar-refractivity contribution in [3.63, 3.8) is 0 Å². The Kier molecular flexibility index (Phi) is 6.02. The van der Waals surface area contributed by atoms with Crippen LogP contribution in [0.4, 0.5) is 0 Å². The zero-order valence-electron chi connectivity index (χ0n) is 14.3. The lowest BCUT2D eigenvalue weighted by Gasteiger charge is -2.30. The van der Waals surface area contributed by atoms with Crippen molar-refractivity contribution in [3.8, 4) is 5.75 Å². The minimum atomic E-state index is -3.77. The standard InChI is InChI=1S/C16H23N3O5S/c1-3-18-25(22,23)14-10-12(4-5-13(14)24-2)16(21)19-8-6-11(7-9-19)15(17)20/h4-5,10-11,18H,3,6-9H2,1-2H3,(H2,17,20). The number of rotatable bonds is 6. The molecule has 9 heteroatoms. The van der Waals surface area contributed by atoms with E-state index in [4.69, 9.17) is 10.5 Å². The summed E-state index contributed by atoms with van der Waals surface area (Å²) in [7, 11) is -2.40. The lowest BCUT2D eigenvalue weighted by atomic mass is 9.96. The number of methoxy groups -OCH3 is 1. The largest absolute Gasteiger partial charge is 0.495 e. The molecule has 2 amide bonds. The molecule has 0 spiro atoms. The number of ether oxygens (including phenoxy) is 1. The van der Waals surface area contributed by atoms with Crippen LogP contribution in [0.2, 0.25) is 0 Å². The van der Waals surface area contributed by atoms with Gasteiger partial charge in [0, 0.05) is 31.1 Å². The normalized spacial score (nSPS) is 15.8. The molecule has 8 nitrogen and oxygen atoms in total. The van der Waals surface area contributed by atoms with Crippen LogP contribution in [0.3, 0.4) is 0 Å². The first-order valence-electron chi connectivity index (χ1n) is 8.06. The molecule has 1 saturated heterocycles. The van der Waals surface area contributed by atoms with Crippen molar-refractivity contribution in [2.24, 2.45) is 11.7 Å². The highest BCUT2D eigenvalue weighted by atomic mass is 32.2. The molecule has 25 heavy (non-hydrogen) atoms. The molecule has 3 N–H and O–H groups in total. The average molecular weight is 369 g/mol. The minimum absolute atomic E-state index is 0.0743. The van der Waals surface area contributed by atoms with Crippen LogP contribution in [0.25, 0.3) is 0 Å². The Morgan fingerprint density at radius 1 is 1.32 bits per heavy atom. The molecule has 1 aliphatic rings. The number of amides is 2. The van der Waals surface area contributed by atoms with Gasteiger partial charge in [-0.25, -0.2) is 13.1 Å². The smallest absolute Gasteiger partial charge is 0.253 e. The van der Waals surface area contributed by atoms with E-state index in [0.717, 1.165) is 0 Å². The van der Waals surface area contributed by atoms with Crippen molar-refractivity contribution >= 4 is 21.8 Å². The monoisotopic (exact) mass is 369 g/mol. The summed E-state index contributed by atoms with van der Waals surface area (Å²) >= 11 is 0. The van der Waals surface area contributed by atoms with E-state index in [2.05, 4.69) is 4.72 Å². The van der Waals surface area contributed by atoms with Crippen LogP contribution in [0.1, 0.15) is 30.1 Å². The third-order valence-corrected chi connectivity index (χ3v) is 5.79. The summed E-state index contributed by atoms with van der Waals surface area (Å²) in [6.07, 6.45) is 1.03. The number of benzene rings is 1. The van der Waals surface area contributed by atoms with Gasteiger partial charge in [0.1, 0.15) is 10.6 Å². The maximum Gasteiger partial charge on any atom is 0.253 e. The molecule has 0 atom stereocenters. The Hall–Kier alpha value is -2.13. The molecule has 1 aromatic carbocycles. The highest BCUT2D eigenvalue weighted by Gasteiger charge is 2.28. The quantitative estimate of drug-likeness (QED) is 0.749. The van der Waals surface area contributed by atoms with E-state index in [9.17, 15) is 18.0 Å². The van der Waals surface area contributed by atoms with Gasteiger partial charge in [0.15, 0.2) is 0 Å². The summed E-state index contributed by atoms with van der Waals surface area (Å²) < 4.78 is 32.1. The van der Waals surface area contributed by atoms with E-state index in [0.29, 0.717) is 25.9 Å². The molecular weight excluding hydrogens is 346 g/mol. The number of carbonyl (C=O) groups is 2. The molecule has 0 unspecified atom stereocenters. The summed E-state index contributed by atoms with van der Waals surface area (Å²) in [4.78, 5) is 25.4. The molecule has 1 fully saturated rings. The van der Waals surface area contributed by atoms with Crippen LogP contribution in [-0.2, 0) is 14.8 Å². The fourth-order valence-corrected chi connectivity index (χ4v) is 4.07. The molecular formula is C16H23N3O5S. The third-order valence-electron chi connectivity index (χ3n) is 4.22. The molecule has 0 aliphatic carbocycles. The van der Waals surface area contributed by atoms with Crippen LogP contribution >= 0.6 is 0 Å². The van der Waals surface area contributed by atoms with Gasteiger partial charge in [-0.05, 0) is 31.0 Å². The second-order valence-corrected chi connectivity index (χ2v) is 7.57. The zero-order valence-corrected chi connectivity index (χ0v) is 15.1. The van der Waals surface area contributed by atoms with Crippen molar-refractivity contribution in [1.82, 2.24) is 9.62 Å². The van der Waals surface area contributed by atoms with Crippen LogP contribution in [0, 0.1) is 5.92 Å². The van der Waals surface area contributed by atoms with Crippen LogP contribution in [0.15, 0.2) is 23.1 Å². The Bertz CT molecular complexity index is 755. The molecule has 0 bridgehead atoms. The van der Waals surface area contributed by atoms with Crippen molar-refractivity contribution < 1.29 is 22.7 Å². The fourth-order valence-electron chi connectivity index (χ4n) is 2.84. The molecule has 0 radical (unpaired) electrons. The number of nitrogens with zero attached hydrogens (tertiary/aromatic N) is 1. The van der Waals surface area contributed by atoms with Gasteiger partial charge in [0.2, 0.25) is 15.9 Å². The van der Waals surface area contributed by atoms with E-state index >= 15 is 0 Å². The maximum absolute atomic E-state index is 12.7. The van der Waals surface area contributed by atoms with Gasteiger partial charge in [0.25, 0.3) is 5.91 Å². The Morgan fingerprint density at radius 2 is 1.96 bits per heavy atom. The van der Waals surface area contributed by atoms with E-state index in [-0.39, 0.29) is 40.5 Å². The second-order valence-electron chi connectivity index (χ2n) is 5.84. The fraction of sp³-hybridized carbons (Fsp3) is 0.500. The van der Waals surface area contributed by atoms with Gasteiger partial charge in [-0.15, -0.1) is 0 Å². The number of hydrogen-bond donors (Lipinski definition) is 2. The maximum atomic E-state index is 12.7. The SMILES string of the molecule is CCNS(=O)(=O)c1cc(C(=O)N2CCC(C(N)=O)CC2)ccc1OC. The number of nitrogens with two attached hydrogens (primary N) is 1.